The first-order valence-electron chi connectivity index (χ1n) is 5.91. The summed E-state index contributed by atoms with van der Waals surface area (Å²) in [5, 5.41) is 8.69. The minimum Gasteiger partial charge on any atom is -0.475 e. The van der Waals surface area contributed by atoms with E-state index in [4.69, 9.17) is 9.52 Å². The van der Waals surface area contributed by atoms with E-state index in [9.17, 15) is 18.2 Å². The average molecular weight is 310 g/mol. The number of carbonyl (C=O) groups excluding carboxylic acids is 1. The molecule has 0 saturated heterocycles. The zero-order valence-corrected chi connectivity index (χ0v) is 11.6. The van der Waals surface area contributed by atoms with Crippen molar-refractivity contribution >= 4 is 22.6 Å². The fourth-order valence-electron chi connectivity index (χ4n) is 1.65. The largest absolute Gasteiger partial charge is 0.475 e. The zero-order chi connectivity index (χ0) is 15.4. The van der Waals surface area contributed by atoms with Crippen LogP contribution in [0.3, 0.4) is 0 Å². The Morgan fingerprint density at radius 1 is 1.14 bits per heavy atom. The Morgan fingerprint density at radius 2 is 1.81 bits per heavy atom. The molecular formula is C14H11FO5S. The predicted octanol–water partition coefficient (Wildman–Crippen LogP) is 2.25. The van der Waals surface area contributed by atoms with Gasteiger partial charge in [-0.2, -0.15) is 0 Å². The SMILES string of the molecule is O=C(CS(=O)Cc1ccc(C(=O)O)o1)c1ccc(F)cc1. The fourth-order valence-corrected chi connectivity index (χ4v) is 2.68. The molecule has 2 aromatic rings. The summed E-state index contributed by atoms with van der Waals surface area (Å²) >= 11 is 0. The first-order chi connectivity index (χ1) is 9.95. The highest BCUT2D eigenvalue weighted by Gasteiger charge is 2.14. The molecule has 21 heavy (non-hydrogen) atoms. The molecule has 1 unspecified atom stereocenters. The van der Waals surface area contributed by atoms with E-state index >= 15 is 0 Å². The van der Waals surface area contributed by atoms with Gasteiger partial charge < -0.3 is 9.52 Å². The van der Waals surface area contributed by atoms with Gasteiger partial charge in [0.2, 0.25) is 5.76 Å². The standard InChI is InChI=1S/C14H11FO5S/c15-10-3-1-9(2-4-10)12(16)8-21(19)7-11-5-6-13(20-11)14(17)18/h1-6H,7-8H2,(H,17,18). The fraction of sp³-hybridized carbons (Fsp3) is 0.143. The van der Waals surface area contributed by atoms with Crippen LogP contribution in [-0.2, 0) is 16.6 Å². The minimum absolute atomic E-state index is 0.0553. The van der Waals surface area contributed by atoms with Crippen molar-refractivity contribution in [3.8, 4) is 0 Å². The van der Waals surface area contributed by atoms with Crippen molar-refractivity contribution in [3.63, 3.8) is 0 Å². The second kappa shape index (κ2) is 6.45. The lowest BCUT2D eigenvalue weighted by Gasteiger charge is -2.01. The van der Waals surface area contributed by atoms with Gasteiger partial charge in [-0.15, -0.1) is 0 Å². The van der Waals surface area contributed by atoms with Gasteiger partial charge in [0.25, 0.3) is 0 Å². The number of hydrogen-bond acceptors (Lipinski definition) is 4. The lowest BCUT2D eigenvalue weighted by atomic mass is 10.1. The Bertz CT molecular complexity index is 690. The second-order valence-electron chi connectivity index (χ2n) is 4.23. The van der Waals surface area contributed by atoms with Gasteiger partial charge in [0.05, 0.1) is 11.5 Å². The first-order valence-corrected chi connectivity index (χ1v) is 7.40. The Morgan fingerprint density at radius 3 is 2.38 bits per heavy atom. The van der Waals surface area contributed by atoms with E-state index in [1.807, 2.05) is 0 Å². The molecule has 1 N–H and O–H groups in total. The van der Waals surface area contributed by atoms with Crippen LogP contribution < -0.4 is 0 Å². The van der Waals surface area contributed by atoms with Crippen LogP contribution in [0.1, 0.15) is 26.7 Å². The number of rotatable bonds is 6. The third kappa shape index (κ3) is 4.09. The smallest absolute Gasteiger partial charge is 0.371 e. The molecule has 5 nitrogen and oxygen atoms in total. The Kier molecular flexibility index (Phi) is 4.64. The lowest BCUT2D eigenvalue weighted by molar-refractivity contribution is 0.0660. The van der Waals surface area contributed by atoms with Crippen LogP contribution in [-0.4, -0.2) is 26.8 Å². The van der Waals surface area contributed by atoms with Crippen LogP contribution in [0.4, 0.5) is 4.39 Å². The van der Waals surface area contributed by atoms with Gasteiger partial charge in [-0.1, -0.05) is 0 Å². The molecule has 1 atom stereocenters. The molecule has 1 aromatic carbocycles. The van der Waals surface area contributed by atoms with Crippen molar-refractivity contribution in [3.05, 3.63) is 59.3 Å². The number of hydrogen-bond donors (Lipinski definition) is 1. The van der Waals surface area contributed by atoms with Crippen molar-refractivity contribution < 1.29 is 27.7 Å². The van der Waals surface area contributed by atoms with E-state index in [0.29, 0.717) is 0 Å². The van der Waals surface area contributed by atoms with E-state index < -0.39 is 22.6 Å². The van der Waals surface area contributed by atoms with Crippen LogP contribution >= 0.6 is 0 Å². The Balaban J connectivity index is 1.96. The van der Waals surface area contributed by atoms with Crippen molar-refractivity contribution in [2.24, 2.45) is 0 Å². The quantitative estimate of drug-likeness (QED) is 0.827. The summed E-state index contributed by atoms with van der Waals surface area (Å²) in [6.45, 7) is 0. The minimum atomic E-state index is -1.54. The normalized spacial score (nSPS) is 12.0. The number of carbonyl (C=O) groups is 2. The summed E-state index contributed by atoms with van der Waals surface area (Å²) in [5.41, 5.74) is 0.274. The maximum atomic E-state index is 12.7. The Hall–Kier alpha value is -2.28. The number of aromatic carboxylic acids is 1. The number of carboxylic acids is 1. The van der Waals surface area contributed by atoms with Gasteiger partial charge in [0, 0.05) is 16.4 Å². The van der Waals surface area contributed by atoms with Crippen LogP contribution in [0.5, 0.6) is 0 Å². The maximum Gasteiger partial charge on any atom is 0.371 e. The molecule has 0 fully saturated rings. The highest BCUT2D eigenvalue weighted by atomic mass is 32.2. The van der Waals surface area contributed by atoms with E-state index in [1.54, 1.807) is 0 Å². The summed E-state index contributed by atoms with van der Waals surface area (Å²) in [4.78, 5) is 22.5. The molecule has 7 heteroatoms. The number of furan rings is 1. The van der Waals surface area contributed by atoms with Gasteiger partial charge in [0.15, 0.2) is 5.78 Å². The molecule has 0 amide bonds. The highest BCUT2D eigenvalue weighted by Crippen LogP contribution is 2.11. The average Bonchev–Trinajstić information content (AvgIpc) is 2.87. The molecule has 0 aliphatic carbocycles. The van der Waals surface area contributed by atoms with Crippen LogP contribution in [0.15, 0.2) is 40.8 Å². The molecule has 2 rings (SSSR count). The van der Waals surface area contributed by atoms with Crippen molar-refractivity contribution in [2.75, 3.05) is 5.75 Å². The van der Waals surface area contributed by atoms with Crippen molar-refractivity contribution in [2.45, 2.75) is 5.75 Å². The predicted molar refractivity (Wildman–Crippen MR) is 73.1 cm³/mol. The summed E-state index contributed by atoms with van der Waals surface area (Å²) in [6, 6.07) is 7.62. The summed E-state index contributed by atoms with van der Waals surface area (Å²) in [7, 11) is -1.54. The Labute approximate surface area is 121 Å². The molecule has 0 bridgehead atoms. The molecule has 0 aliphatic heterocycles. The maximum absolute atomic E-state index is 12.7. The van der Waals surface area contributed by atoms with E-state index in [-0.39, 0.29) is 34.4 Å². The van der Waals surface area contributed by atoms with Gasteiger partial charge in [-0.3, -0.25) is 9.00 Å². The molecule has 0 spiro atoms. The summed E-state index contributed by atoms with van der Waals surface area (Å²) in [5.74, 6) is -2.35. The van der Waals surface area contributed by atoms with Crippen LogP contribution in [0.2, 0.25) is 0 Å². The number of benzene rings is 1. The third-order valence-electron chi connectivity index (χ3n) is 2.63. The number of ketones is 1. The highest BCUT2D eigenvalue weighted by molar-refractivity contribution is 7.85. The molecule has 1 aromatic heterocycles. The summed E-state index contributed by atoms with van der Waals surface area (Å²) < 4.78 is 29.6. The van der Waals surface area contributed by atoms with Crippen LogP contribution in [0.25, 0.3) is 0 Å². The number of halogens is 1. The van der Waals surface area contributed by atoms with Gasteiger partial charge in [0.1, 0.15) is 11.6 Å². The van der Waals surface area contributed by atoms with Crippen molar-refractivity contribution in [1.82, 2.24) is 0 Å². The van der Waals surface area contributed by atoms with Gasteiger partial charge in [-0.25, -0.2) is 9.18 Å². The molecule has 110 valence electrons. The van der Waals surface area contributed by atoms with Crippen molar-refractivity contribution in [1.29, 1.82) is 0 Å². The summed E-state index contributed by atoms with van der Waals surface area (Å²) in [6.07, 6.45) is 0. The van der Waals surface area contributed by atoms with Gasteiger partial charge in [-0.05, 0) is 36.4 Å². The van der Waals surface area contributed by atoms with Crippen LogP contribution in [0, 0.1) is 5.82 Å². The second-order valence-corrected chi connectivity index (χ2v) is 5.69. The first kappa shape index (κ1) is 15.1. The number of carboxylic acid groups (broad SMARTS) is 1. The molecule has 1 heterocycles. The van der Waals surface area contributed by atoms with Gasteiger partial charge >= 0.3 is 5.97 Å². The molecule has 0 aliphatic rings. The topological polar surface area (TPSA) is 84.6 Å². The third-order valence-corrected chi connectivity index (χ3v) is 3.82. The van der Waals surface area contributed by atoms with E-state index in [1.165, 1.54) is 24.3 Å². The lowest BCUT2D eigenvalue weighted by Crippen LogP contribution is -2.12. The zero-order valence-electron chi connectivity index (χ0n) is 10.7. The molecule has 0 radical (unpaired) electrons. The van der Waals surface area contributed by atoms with E-state index in [2.05, 4.69) is 0 Å². The molecular weight excluding hydrogens is 299 g/mol. The molecule has 0 saturated carbocycles. The monoisotopic (exact) mass is 310 g/mol. The van der Waals surface area contributed by atoms with E-state index in [0.717, 1.165) is 12.1 Å². The number of Topliss-reactive ketones (excluding diaryl/α,β-unsaturated/α-hetero) is 1.